The van der Waals surface area contributed by atoms with E-state index in [-0.39, 0.29) is 17.2 Å². The summed E-state index contributed by atoms with van der Waals surface area (Å²) in [5.41, 5.74) is -0.728. The van der Waals surface area contributed by atoms with Crippen LogP contribution in [-0.2, 0) is 21.0 Å². The average Bonchev–Trinajstić information content (AvgIpc) is 2.60. The fraction of sp³-hybridized carbons (Fsp3) is 0.263. The molecule has 1 unspecified atom stereocenters. The number of hydrogen-bond acceptors (Lipinski definition) is 4. The summed E-state index contributed by atoms with van der Waals surface area (Å²) in [5.74, 6) is -0.996. The molecule has 10 heteroatoms. The summed E-state index contributed by atoms with van der Waals surface area (Å²) in [5, 5.41) is 2.48. The molecule has 0 radical (unpaired) electrons. The highest BCUT2D eigenvalue weighted by Crippen LogP contribution is 2.33. The maximum Gasteiger partial charge on any atom is 0.416 e. The largest absolute Gasteiger partial charge is 0.416 e. The molecule has 1 N–H and O–H groups in total. The van der Waals surface area contributed by atoms with Gasteiger partial charge in [0.05, 0.1) is 17.5 Å². The number of amides is 1. The molecule has 0 spiro atoms. The van der Waals surface area contributed by atoms with E-state index in [1.807, 2.05) is 0 Å². The number of rotatable bonds is 6. The number of nitrogens with zero attached hydrogens (tertiary/aromatic N) is 1. The molecule has 2 aromatic rings. The van der Waals surface area contributed by atoms with Gasteiger partial charge in [0, 0.05) is 11.3 Å². The third-order valence-corrected chi connectivity index (χ3v) is 5.29. The number of sulfonamides is 1. The Morgan fingerprint density at radius 2 is 1.69 bits per heavy atom. The summed E-state index contributed by atoms with van der Waals surface area (Å²) in [7, 11) is -4.09. The minimum atomic E-state index is -4.67. The standard InChI is InChI=1S/C19H19F3N2O4S/c1-12(18(26)23-16-8-4-6-14(10-16)13(2)25)24(29(3,27)28)17-9-5-7-15(11-17)19(20,21)22/h4-12H,1-3H3,(H,23,26). The molecule has 29 heavy (non-hydrogen) atoms. The first kappa shape index (κ1) is 22.4. The molecule has 0 aromatic heterocycles. The third kappa shape index (κ3) is 5.57. The fourth-order valence-corrected chi connectivity index (χ4v) is 3.86. The molecule has 0 aliphatic heterocycles. The van der Waals surface area contributed by atoms with Crippen LogP contribution in [0.2, 0.25) is 0 Å². The Morgan fingerprint density at radius 1 is 1.07 bits per heavy atom. The lowest BCUT2D eigenvalue weighted by atomic mass is 10.1. The number of alkyl halides is 3. The smallest absolute Gasteiger partial charge is 0.324 e. The minimum absolute atomic E-state index is 0.226. The molecular weight excluding hydrogens is 409 g/mol. The number of nitrogens with one attached hydrogen (secondary N) is 1. The summed E-state index contributed by atoms with van der Waals surface area (Å²) < 4.78 is 64.1. The maximum atomic E-state index is 13.0. The van der Waals surface area contributed by atoms with Gasteiger partial charge in [-0.25, -0.2) is 8.42 Å². The summed E-state index contributed by atoms with van der Waals surface area (Å²) in [6.45, 7) is 2.61. The lowest BCUT2D eigenvalue weighted by Gasteiger charge is -2.28. The Labute approximate surface area is 166 Å². The lowest BCUT2D eigenvalue weighted by molar-refractivity contribution is -0.137. The van der Waals surface area contributed by atoms with Crippen LogP contribution in [0.25, 0.3) is 0 Å². The van der Waals surface area contributed by atoms with Crippen LogP contribution in [0.1, 0.15) is 29.8 Å². The quantitative estimate of drug-likeness (QED) is 0.711. The molecule has 2 aromatic carbocycles. The second-order valence-corrected chi connectivity index (χ2v) is 8.27. The summed E-state index contributed by atoms with van der Waals surface area (Å²) in [6.07, 6.45) is -3.87. The molecule has 1 amide bonds. The van der Waals surface area contributed by atoms with Crippen molar-refractivity contribution in [1.29, 1.82) is 0 Å². The van der Waals surface area contributed by atoms with Gasteiger partial charge in [0.25, 0.3) is 0 Å². The van der Waals surface area contributed by atoms with Gasteiger partial charge in [-0.1, -0.05) is 18.2 Å². The number of anilines is 2. The van der Waals surface area contributed by atoms with Crippen molar-refractivity contribution < 1.29 is 31.2 Å². The zero-order valence-electron chi connectivity index (χ0n) is 15.8. The van der Waals surface area contributed by atoms with Crippen LogP contribution in [0.4, 0.5) is 24.5 Å². The van der Waals surface area contributed by atoms with E-state index >= 15 is 0 Å². The van der Waals surface area contributed by atoms with Gasteiger partial charge in [0.2, 0.25) is 15.9 Å². The molecule has 0 heterocycles. The SMILES string of the molecule is CC(=O)c1cccc(NC(=O)C(C)N(c2cccc(C(F)(F)F)c2)S(C)(=O)=O)c1. The van der Waals surface area contributed by atoms with Crippen LogP contribution in [-0.4, -0.2) is 32.4 Å². The van der Waals surface area contributed by atoms with Gasteiger partial charge in [-0.15, -0.1) is 0 Å². The van der Waals surface area contributed by atoms with Gasteiger partial charge >= 0.3 is 6.18 Å². The molecule has 2 rings (SSSR count). The lowest BCUT2D eigenvalue weighted by Crippen LogP contribution is -2.45. The van der Waals surface area contributed by atoms with E-state index in [0.29, 0.717) is 15.9 Å². The highest BCUT2D eigenvalue weighted by molar-refractivity contribution is 7.92. The van der Waals surface area contributed by atoms with Crippen molar-refractivity contribution in [3.63, 3.8) is 0 Å². The van der Waals surface area contributed by atoms with Gasteiger partial charge in [-0.2, -0.15) is 13.2 Å². The zero-order chi connectivity index (χ0) is 22.0. The first-order valence-electron chi connectivity index (χ1n) is 8.39. The molecule has 0 aliphatic carbocycles. The van der Waals surface area contributed by atoms with E-state index < -0.39 is 33.7 Å². The van der Waals surface area contributed by atoms with Crippen LogP contribution in [0.3, 0.4) is 0 Å². The number of hydrogen-bond donors (Lipinski definition) is 1. The van der Waals surface area contributed by atoms with Crippen LogP contribution >= 0.6 is 0 Å². The number of Topliss-reactive ketones (excluding diaryl/α,β-unsaturated/α-hetero) is 1. The highest BCUT2D eigenvalue weighted by atomic mass is 32.2. The van der Waals surface area contributed by atoms with E-state index in [1.54, 1.807) is 6.07 Å². The predicted octanol–water partition coefficient (Wildman–Crippen LogP) is 3.70. The van der Waals surface area contributed by atoms with E-state index in [4.69, 9.17) is 0 Å². The van der Waals surface area contributed by atoms with E-state index in [2.05, 4.69) is 5.32 Å². The molecule has 0 saturated carbocycles. The van der Waals surface area contributed by atoms with Crippen LogP contribution in [0, 0.1) is 0 Å². The van der Waals surface area contributed by atoms with E-state index in [0.717, 1.165) is 18.4 Å². The Morgan fingerprint density at radius 3 is 2.24 bits per heavy atom. The van der Waals surface area contributed by atoms with Gasteiger partial charge in [-0.3, -0.25) is 13.9 Å². The zero-order valence-corrected chi connectivity index (χ0v) is 16.6. The Hall–Kier alpha value is -2.88. The molecule has 6 nitrogen and oxygen atoms in total. The minimum Gasteiger partial charge on any atom is -0.324 e. The normalized spacial score (nSPS) is 12.9. The Kier molecular flexibility index (Phi) is 6.37. The van der Waals surface area contributed by atoms with Crippen molar-refractivity contribution in [2.45, 2.75) is 26.1 Å². The van der Waals surface area contributed by atoms with Gasteiger partial charge in [0.1, 0.15) is 6.04 Å². The van der Waals surface area contributed by atoms with Crippen molar-refractivity contribution in [2.24, 2.45) is 0 Å². The van der Waals surface area contributed by atoms with E-state index in [1.165, 1.54) is 38.1 Å². The van der Waals surface area contributed by atoms with Crippen molar-refractivity contribution in [1.82, 2.24) is 0 Å². The molecule has 0 saturated heterocycles. The third-order valence-electron chi connectivity index (χ3n) is 4.05. The topological polar surface area (TPSA) is 83.6 Å². The van der Waals surface area contributed by atoms with Gasteiger partial charge in [0.15, 0.2) is 5.78 Å². The number of ketones is 1. The molecule has 0 bridgehead atoms. The fourth-order valence-electron chi connectivity index (χ4n) is 2.69. The van der Waals surface area contributed by atoms with Gasteiger partial charge < -0.3 is 5.32 Å². The second kappa shape index (κ2) is 8.24. The average molecular weight is 428 g/mol. The first-order valence-corrected chi connectivity index (χ1v) is 10.2. The van der Waals surface area contributed by atoms with Crippen LogP contribution in [0.15, 0.2) is 48.5 Å². The molecule has 1 atom stereocenters. The Balaban J connectivity index is 2.37. The summed E-state index contributed by atoms with van der Waals surface area (Å²) >= 11 is 0. The molecule has 0 fully saturated rings. The van der Waals surface area contributed by atoms with Crippen LogP contribution in [0.5, 0.6) is 0 Å². The van der Waals surface area contributed by atoms with Crippen molar-refractivity contribution in [3.8, 4) is 0 Å². The number of halogens is 3. The summed E-state index contributed by atoms with van der Waals surface area (Å²) in [4.78, 5) is 24.1. The van der Waals surface area contributed by atoms with E-state index in [9.17, 15) is 31.2 Å². The molecular formula is C19H19F3N2O4S. The van der Waals surface area contributed by atoms with Crippen molar-refractivity contribution in [2.75, 3.05) is 15.9 Å². The number of carbonyl (C=O) groups is 2. The van der Waals surface area contributed by atoms with Crippen molar-refractivity contribution in [3.05, 3.63) is 59.7 Å². The highest BCUT2D eigenvalue weighted by Gasteiger charge is 2.34. The first-order chi connectivity index (χ1) is 13.3. The van der Waals surface area contributed by atoms with Gasteiger partial charge in [-0.05, 0) is 44.2 Å². The monoisotopic (exact) mass is 428 g/mol. The molecule has 0 aliphatic rings. The summed E-state index contributed by atoms with van der Waals surface area (Å²) in [6, 6.07) is 8.38. The maximum absolute atomic E-state index is 13.0. The van der Waals surface area contributed by atoms with Crippen molar-refractivity contribution >= 4 is 33.1 Å². The Bertz CT molecular complexity index is 1040. The second-order valence-electron chi connectivity index (χ2n) is 6.41. The van der Waals surface area contributed by atoms with Crippen LogP contribution < -0.4 is 9.62 Å². The number of carbonyl (C=O) groups excluding carboxylic acids is 2. The number of benzene rings is 2. The predicted molar refractivity (Wildman–Crippen MR) is 103 cm³/mol. The molecule has 156 valence electrons.